The van der Waals surface area contributed by atoms with E-state index in [2.05, 4.69) is 25.2 Å². The second kappa shape index (κ2) is 9.52. The lowest BCUT2D eigenvalue weighted by atomic mass is 10.1. The summed E-state index contributed by atoms with van der Waals surface area (Å²) in [7, 11) is -3.45. The van der Waals surface area contributed by atoms with Crippen molar-refractivity contribution in [2.24, 2.45) is 0 Å². The van der Waals surface area contributed by atoms with Crippen LogP contribution in [-0.4, -0.2) is 29.4 Å². The molecular weight excluding hydrogens is 426 g/mol. The van der Waals surface area contributed by atoms with Crippen molar-refractivity contribution in [3.63, 3.8) is 0 Å². The predicted octanol–water partition coefficient (Wildman–Crippen LogP) is 4.56. The number of nitrogens with one attached hydrogen (secondary N) is 3. The first kappa shape index (κ1) is 21.4. The molecule has 0 saturated carbocycles. The number of H-pyrrole nitrogens is 1. The van der Waals surface area contributed by atoms with E-state index in [4.69, 9.17) is 4.74 Å². The number of nitrogens with zero attached hydrogens (tertiary/aromatic N) is 2. The number of hydrogen-bond acceptors (Lipinski definition) is 6. The van der Waals surface area contributed by atoms with E-state index in [-0.39, 0.29) is 5.75 Å². The van der Waals surface area contributed by atoms with Gasteiger partial charge in [0, 0.05) is 17.8 Å². The molecule has 0 radical (unpaired) electrons. The first-order chi connectivity index (χ1) is 15.5. The maximum absolute atomic E-state index is 12.1. The Morgan fingerprint density at radius 1 is 0.969 bits per heavy atom. The first-order valence-corrected chi connectivity index (χ1v) is 11.7. The fourth-order valence-electron chi connectivity index (χ4n) is 2.97. The lowest BCUT2D eigenvalue weighted by molar-refractivity contribution is 0.308. The van der Waals surface area contributed by atoms with Crippen LogP contribution in [-0.2, 0) is 16.6 Å². The van der Waals surface area contributed by atoms with E-state index in [9.17, 15) is 8.42 Å². The topological polar surface area (TPSA) is 109 Å². The summed E-state index contributed by atoms with van der Waals surface area (Å²) in [6.45, 7) is 1.89. The number of ether oxygens (including phenoxy) is 1. The van der Waals surface area contributed by atoms with Gasteiger partial charge in [0.05, 0.1) is 17.1 Å². The number of aromatic nitrogens is 3. The summed E-state index contributed by atoms with van der Waals surface area (Å²) in [4.78, 5) is 4.23. The molecule has 9 heteroatoms. The van der Waals surface area contributed by atoms with Crippen molar-refractivity contribution in [3.05, 3.63) is 84.6 Å². The SMILES string of the molecule is CCS(=O)(=O)Nc1ccc(-c2cc(Nc3ccccn3)n[nH]2)cc1OCc1ccccc1. The van der Waals surface area contributed by atoms with E-state index in [1.54, 1.807) is 31.3 Å². The minimum absolute atomic E-state index is 0.0318. The molecule has 32 heavy (non-hydrogen) atoms. The molecule has 0 aliphatic rings. The van der Waals surface area contributed by atoms with Crippen molar-refractivity contribution in [3.8, 4) is 17.0 Å². The van der Waals surface area contributed by atoms with Crippen molar-refractivity contribution >= 4 is 27.3 Å². The molecule has 0 spiro atoms. The van der Waals surface area contributed by atoms with Gasteiger partial charge in [-0.3, -0.25) is 9.82 Å². The van der Waals surface area contributed by atoms with Crippen LogP contribution in [0.3, 0.4) is 0 Å². The van der Waals surface area contributed by atoms with Crippen LogP contribution in [0.5, 0.6) is 5.75 Å². The van der Waals surface area contributed by atoms with Crippen molar-refractivity contribution in [1.82, 2.24) is 15.2 Å². The molecule has 0 aliphatic heterocycles. The zero-order chi connectivity index (χ0) is 22.4. The number of anilines is 3. The van der Waals surface area contributed by atoms with Crippen LogP contribution in [0.4, 0.5) is 17.3 Å². The molecule has 0 aliphatic carbocycles. The summed E-state index contributed by atoms with van der Waals surface area (Å²) in [5.41, 5.74) is 2.91. The smallest absolute Gasteiger partial charge is 0.232 e. The summed E-state index contributed by atoms with van der Waals surface area (Å²) < 4.78 is 32.8. The first-order valence-electron chi connectivity index (χ1n) is 10.1. The van der Waals surface area contributed by atoms with Gasteiger partial charge in [0.2, 0.25) is 10.0 Å². The number of hydrogen-bond donors (Lipinski definition) is 3. The Labute approximate surface area is 186 Å². The van der Waals surface area contributed by atoms with Gasteiger partial charge in [-0.1, -0.05) is 42.5 Å². The quantitative estimate of drug-likeness (QED) is 0.346. The molecule has 4 aromatic rings. The van der Waals surface area contributed by atoms with E-state index in [0.717, 1.165) is 16.8 Å². The van der Waals surface area contributed by atoms with Crippen molar-refractivity contribution < 1.29 is 13.2 Å². The van der Waals surface area contributed by atoms with Gasteiger partial charge in [-0.15, -0.1) is 0 Å². The molecule has 0 atom stereocenters. The fourth-order valence-corrected chi connectivity index (χ4v) is 3.62. The van der Waals surface area contributed by atoms with Crippen LogP contribution in [0, 0.1) is 0 Å². The van der Waals surface area contributed by atoms with Crippen molar-refractivity contribution in [1.29, 1.82) is 0 Å². The largest absolute Gasteiger partial charge is 0.487 e. The highest BCUT2D eigenvalue weighted by Crippen LogP contribution is 2.32. The molecule has 0 saturated heterocycles. The highest BCUT2D eigenvalue weighted by atomic mass is 32.2. The van der Waals surface area contributed by atoms with Gasteiger partial charge in [0.25, 0.3) is 0 Å². The molecule has 3 N–H and O–H groups in total. The third-order valence-corrected chi connectivity index (χ3v) is 5.97. The Morgan fingerprint density at radius 2 is 1.78 bits per heavy atom. The molecule has 2 aromatic carbocycles. The second-order valence-electron chi connectivity index (χ2n) is 7.00. The van der Waals surface area contributed by atoms with Crippen LogP contribution in [0.2, 0.25) is 0 Å². The van der Waals surface area contributed by atoms with E-state index in [1.165, 1.54) is 0 Å². The number of benzene rings is 2. The van der Waals surface area contributed by atoms with Gasteiger partial charge in [0.1, 0.15) is 18.2 Å². The van der Waals surface area contributed by atoms with Gasteiger partial charge in [0.15, 0.2) is 5.82 Å². The normalized spacial score (nSPS) is 11.2. The summed E-state index contributed by atoms with van der Waals surface area (Å²) in [5, 5.41) is 10.4. The van der Waals surface area contributed by atoms with E-state index in [0.29, 0.717) is 29.7 Å². The Morgan fingerprint density at radius 3 is 2.53 bits per heavy atom. The molecule has 0 amide bonds. The Hall–Kier alpha value is -3.85. The minimum Gasteiger partial charge on any atom is -0.487 e. The summed E-state index contributed by atoms with van der Waals surface area (Å²) >= 11 is 0. The van der Waals surface area contributed by atoms with Crippen LogP contribution in [0.15, 0.2) is 79.0 Å². The third kappa shape index (κ3) is 5.44. The maximum Gasteiger partial charge on any atom is 0.232 e. The Balaban J connectivity index is 1.60. The minimum atomic E-state index is -3.45. The maximum atomic E-state index is 12.1. The third-order valence-electron chi connectivity index (χ3n) is 4.67. The number of aromatic amines is 1. The highest BCUT2D eigenvalue weighted by molar-refractivity contribution is 7.92. The van der Waals surface area contributed by atoms with Crippen molar-refractivity contribution in [2.45, 2.75) is 13.5 Å². The zero-order valence-electron chi connectivity index (χ0n) is 17.4. The Bertz CT molecular complexity index is 1280. The van der Waals surface area contributed by atoms with Crippen molar-refractivity contribution in [2.75, 3.05) is 15.8 Å². The lowest BCUT2D eigenvalue weighted by Crippen LogP contribution is -2.15. The molecular formula is C23H23N5O3S. The van der Waals surface area contributed by atoms with Gasteiger partial charge in [-0.25, -0.2) is 13.4 Å². The molecule has 4 rings (SSSR count). The molecule has 0 bridgehead atoms. The summed E-state index contributed by atoms with van der Waals surface area (Å²) in [6, 6.07) is 22.4. The van der Waals surface area contributed by atoms with Crippen LogP contribution in [0.25, 0.3) is 11.3 Å². The van der Waals surface area contributed by atoms with Gasteiger partial charge in [-0.2, -0.15) is 5.10 Å². The van der Waals surface area contributed by atoms with Gasteiger partial charge >= 0.3 is 0 Å². The Kier molecular flexibility index (Phi) is 6.37. The molecule has 164 valence electrons. The average molecular weight is 450 g/mol. The van der Waals surface area contributed by atoms with Gasteiger partial charge < -0.3 is 10.1 Å². The number of sulfonamides is 1. The molecule has 8 nitrogen and oxygen atoms in total. The second-order valence-corrected chi connectivity index (χ2v) is 9.01. The number of rotatable bonds is 9. The average Bonchev–Trinajstić information content (AvgIpc) is 3.28. The molecule has 2 heterocycles. The van der Waals surface area contributed by atoms with E-state index >= 15 is 0 Å². The van der Waals surface area contributed by atoms with E-state index < -0.39 is 10.0 Å². The molecule has 0 unspecified atom stereocenters. The van der Waals surface area contributed by atoms with Gasteiger partial charge in [-0.05, 0) is 36.8 Å². The predicted molar refractivity (Wildman–Crippen MR) is 125 cm³/mol. The molecule has 0 fully saturated rings. The van der Waals surface area contributed by atoms with Crippen LogP contribution < -0.4 is 14.8 Å². The van der Waals surface area contributed by atoms with E-state index in [1.807, 2.05) is 54.6 Å². The molecule has 2 aromatic heterocycles. The zero-order valence-corrected chi connectivity index (χ0v) is 18.3. The van der Waals surface area contributed by atoms with Crippen LogP contribution in [0.1, 0.15) is 12.5 Å². The van der Waals surface area contributed by atoms with Crippen LogP contribution >= 0.6 is 0 Å². The highest BCUT2D eigenvalue weighted by Gasteiger charge is 2.14. The lowest BCUT2D eigenvalue weighted by Gasteiger charge is -2.14. The fraction of sp³-hybridized carbons (Fsp3) is 0.130. The summed E-state index contributed by atoms with van der Waals surface area (Å²) in [6.07, 6.45) is 1.70. The number of pyridine rings is 1. The summed E-state index contributed by atoms with van der Waals surface area (Å²) in [5.74, 6) is 1.69. The monoisotopic (exact) mass is 449 g/mol. The standard InChI is InChI=1S/C23H23N5O3S/c1-2-32(29,30)28-19-12-11-18(14-21(19)31-16-17-8-4-3-5-9-17)20-15-23(27-26-20)25-22-10-6-7-13-24-22/h3-15,28H,2,16H2,1H3,(H2,24,25,26,27).